The molecule has 4 heterocycles. The minimum absolute atomic E-state index is 0.00714. The molecule has 0 bridgehead atoms. The molecule has 142 valence electrons. The average Bonchev–Trinajstić information content (AvgIpc) is 3.11. The third-order valence-electron chi connectivity index (χ3n) is 5.93. The summed E-state index contributed by atoms with van der Waals surface area (Å²) in [5.41, 5.74) is 4.78. The van der Waals surface area contributed by atoms with Gasteiger partial charge in [-0.05, 0) is 44.3 Å². The average molecular weight is 358 g/mol. The first-order chi connectivity index (χ1) is 12.7. The lowest BCUT2D eigenvalue weighted by Gasteiger charge is -2.45. The van der Waals surface area contributed by atoms with Gasteiger partial charge in [-0.15, -0.1) is 0 Å². The number of hydrogen-bond donors (Lipinski definition) is 0. The summed E-state index contributed by atoms with van der Waals surface area (Å²) in [6, 6.07) is 0. The van der Waals surface area contributed by atoms with Gasteiger partial charge in [-0.1, -0.05) is 13.3 Å². The summed E-state index contributed by atoms with van der Waals surface area (Å²) >= 11 is 0. The van der Waals surface area contributed by atoms with E-state index in [4.69, 9.17) is 9.73 Å². The molecule has 6 heteroatoms. The molecule has 1 saturated heterocycles. The van der Waals surface area contributed by atoms with Crippen LogP contribution in [0.4, 0.5) is 0 Å². The number of hydrogen-bond acceptors (Lipinski definition) is 6. The fourth-order valence-corrected chi connectivity index (χ4v) is 4.44. The Morgan fingerprint density at radius 2 is 1.96 bits per heavy atom. The Bertz CT molecular complexity index is 686. The molecule has 0 aliphatic carbocycles. The summed E-state index contributed by atoms with van der Waals surface area (Å²) in [7, 11) is 1.81. The Morgan fingerprint density at radius 3 is 2.65 bits per heavy atom. The van der Waals surface area contributed by atoms with E-state index in [-0.39, 0.29) is 6.23 Å². The summed E-state index contributed by atoms with van der Waals surface area (Å²) in [6.07, 6.45) is 9.28. The highest BCUT2D eigenvalue weighted by Crippen LogP contribution is 2.39. The Morgan fingerprint density at radius 1 is 1.19 bits per heavy atom. The summed E-state index contributed by atoms with van der Waals surface area (Å²) in [6.45, 7) is 10.7. The van der Waals surface area contributed by atoms with Gasteiger partial charge in [-0.2, -0.15) is 0 Å². The molecule has 4 aliphatic rings. The van der Waals surface area contributed by atoms with Crippen molar-refractivity contribution < 1.29 is 4.74 Å². The van der Waals surface area contributed by atoms with Crippen molar-refractivity contribution in [2.45, 2.75) is 52.7 Å². The highest BCUT2D eigenvalue weighted by atomic mass is 16.5. The highest BCUT2D eigenvalue weighted by Gasteiger charge is 2.39. The first-order valence-electron chi connectivity index (χ1n) is 9.92. The monoisotopic (exact) mass is 357 g/mol. The second-order valence-electron chi connectivity index (χ2n) is 7.60. The van der Waals surface area contributed by atoms with E-state index >= 15 is 0 Å². The van der Waals surface area contributed by atoms with E-state index in [1.54, 1.807) is 0 Å². The Balaban J connectivity index is 1.68. The minimum atomic E-state index is -0.00714. The van der Waals surface area contributed by atoms with E-state index in [0.717, 1.165) is 38.4 Å². The molecule has 0 saturated carbocycles. The minimum Gasteiger partial charge on any atom is -0.358 e. The van der Waals surface area contributed by atoms with Gasteiger partial charge in [0, 0.05) is 32.9 Å². The molecule has 0 radical (unpaired) electrons. The number of allylic oxidation sites excluding steroid dienone is 2. The molecule has 1 atom stereocenters. The van der Waals surface area contributed by atoms with Crippen molar-refractivity contribution in [3.05, 3.63) is 34.6 Å². The van der Waals surface area contributed by atoms with Crippen molar-refractivity contribution in [1.82, 2.24) is 19.8 Å². The van der Waals surface area contributed by atoms with Crippen LogP contribution < -0.4 is 0 Å². The SMILES string of the molecule is CCCN1C2=C(N=CC3=CN(N4CCCCC4)CN32)C(C)=C(C)C1OC. The quantitative estimate of drug-likeness (QED) is 0.772. The van der Waals surface area contributed by atoms with Gasteiger partial charge >= 0.3 is 0 Å². The van der Waals surface area contributed by atoms with Crippen LogP contribution in [-0.4, -0.2) is 65.7 Å². The van der Waals surface area contributed by atoms with Crippen LogP contribution in [0.2, 0.25) is 0 Å². The van der Waals surface area contributed by atoms with Crippen LogP contribution in [0.5, 0.6) is 0 Å². The predicted molar refractivity (Wildman–Crippen MR) is 104 cm³/mol. The Hall–Kier alpha value is -1.79. The Labute approximate surface area is 157 Å². The lowest BCUT2D eigenvalue weighted by Crippen LogP contribution is -2.49. The smallest absolute Gasteiger partial charge is 0.153 e. The molecular weight excluding hydrogens is 326 g/mol. The van der Waals surface area contributed by atoms with Gasteiger partial charge in [0.15, 0.2) is 6.23 Å². The number of aliphatic imine (C=N–C) groups is 1. The number of rotatable bonds is 4. The molecule has 0 amide bonds. The van der Waals surface area contributed by atoms with Gasteiger partial charge in [0.25, 0.3) is 0 Å². The highest BCUT2D eigenvalue weighted by molar-refractivity contribution is 5.82. The molecule has 0 N–H and O–H groups in total. The lowest BCUT2D eigenvalue weighted by molar-refractivity contribution is -0.0298. The molecule has 0 aromatic rings. The van der Waals surface area contributed by atoms with Crippen LogP contribution in [0.25, 0.3) is 0 Å². The van der Waals surface area contributed by atoms with Crippen LogP contribution in [0.1, 0.15) is 46.5 Å². The van der Waals surface area contributed by atoms with Crippen LogP contribution >= 0.6 is 0 Å². The molecule has 0 aromatic heterocycles. The zero-order valence-corrected chi connectivity index (χ0v) is 16.5. The molecule has 4 aliphatic heterocycles. The maximum atomic E-state index is 5.89. The molecule has 1 unspecified atom stereocenters. The molecule has 0 spiro atoms. The summed E-state index contributed by atoms with van der Waals surface area (Å²) in [5.74, 6) is 1.20. The second-order valence-corrected chi connectivity index (χ2v) is 7.60. The maximum absolute atomic E-state index is 5.89. The predicted octanol–water partition coefficient (Wildman–Crippen LogP) is 3.09. The van der Waals surface area contributed by atoms with Crippen LogP contribution in [0.3, 0.4) is 0 Å². The normalized spacial score (nSPS) is 26.5. The van der Waals surface area contributed by atoms with E-state index in [9.17, 15) is 0 Å². The number of ether oxygens (including phenoxy) is 1. The first kappa shape index (κ1) is 17.6. The van der Waals surface area contributed by atoms with Crippen molar-refractivity contribution in [2.24, 2.45) is 4.99 Å². The van der Waals surface area contributed by atoms with Crippen molar-refractivity contribution in [1.29, 1.82) is 0 Å². The van der Waals surface area contributed by atoms with Gasteiger partial charge in [0.05, 0.1) is 11.9 Å². The van der Waals surface area contributed by atoms with E-state index < -0.39 is 0 Å². The largest absolute Gasteiger partial charge is 0.358 e. The van der Waals surface area contributed by atoms with E-state index in [1.165, 1.54) is 41.9 Å². The van der Waals surface area contributed by atoms with Gasteiger partial charge in [-0.25, -0.2) is 5.01 Å². The van der Waals surface area contributed by atoms with E-state index in [1.807, 2.05) is 13.3 Å². The van der Waals surface area contributed by atoms with Crippen molar-refractivity contribution in [2.75, 3.05) is 33.4 Å². The fourth-order valence-electron chi connectivity index (χ4n) is 4.44. The summed E-state index contributed by atoms with van der Waals surface area (Å²) in [4.78, 5) is 9.65. The topological polar surface area (TPSA) is 34.5 Å². The van der Waals surface area contributed by atoms with Crippen molar-refractivity contribution in [3.63, 3.8) is 0 Å². The molecule has 6 nitrogen and oxygen atoms in total. The Kier molecular flexibility index (Phi) is 4.80. The standard InChI is InChI=1S/C20H31N5O/c1-5-9-24-19-18(15(2)16(3)20(24)26-4)21-12-17-13-23(14-25(17)19)22-10-7-6-8-11-22/h12-13,20H,5-11,14H2,1-4H3. The molecular formula is C20H31N5O. The fraction of sp³-hybridized carbons (Fsp3) is 0.650. The summed E-state index contributed by atoms with van der Waals surface area (Å²) in [5, 5.41) is 4.86. The van der Waals surface area contributed by atoms with E-state index in [0.29, 0.717) is 0 Å². The van der Waals surface area contributed by atoms with Crippen molar-refractivity contribution >= 4 is 6.21 Å². The van der Waals surface area contributed by atoms with E-state index in [2.05, 4.69) is 46.8 Å². The number of piperidine rings is 1. The van der Waals surface area contributed by atoms with Crippen LogP contribution in [0.15, 0.2) is 39.6 Å². The summed E-state index contributed by atoms with van der Waals surface area (Å²) < 4.78 is 5.89. The number of fused-ring (bicyclic) bond motifs is 2. The molecule has 4 rings (SSSR count). The third-order valence-corrected chi connectivity index (χ3v) is 5.93. The second kappa shape index (κ2) is 7.08. The number of methoxy groups -OCH3 is 1. The zero-order valence-electron chi connectivity index (χ0n) is 16.5. The molecule has 26 heavy (non-hydrogen) atoms. The van der Waals surface area contributed by atoms with Crippen LogP contribution in [0, 0.1) is 0 Å². The maximum Gasteiger partial charge on any atom is 0.153 e. The number of hydrazine groups is 1. The van der Waals surface area contributed by atoms with Gasteiger partial charge < -0.3 is 14.5 Å². The molecule has 1 fully saturated rings. The van der Waals surface area contributed by atoms with Gasteiger partial charge in [0.2, 0.25) is 0 Å². The first-order valence-corrected chi connectivity index (χ1v) is 9.92. The van der Waals surface area contributed by atoms with Gasteiger partial charge in [-0.3, -0.25) is 10.0 Å². The number of nitrogens with zero attached hydrogens (tertiary/aromatic N) is 5. The third kappa shape index (κ3) is 2.76. The molecule has 0 aromatic carbocycles. The van der Waals surface area contributed by atoms with Crippen LogP contribution in [-0.2, 0) is 4.74 Å². The zero-order chi connectivity index (χ0) is 18.3. The van der Waals surface area contributed by atoms with Gasteiger partial charge in [0.1, 0.15) is 18.2 Å². The lowest BCUT2D eigenvalue weighted by atomic mass is 10.00. The van der Waals surface area contributed by atoms with Crippen molar-refractivity contribution in [3.8, 4) is 0 Å².